The van der Waals surface area contributed by atoms with Crippen molar-refractivity contribution in [2.75, 3.05) is 18.2 Å². The molecule has 0 unspecified atom stereocenters. The first-order valence-corrected chi connectivity index (χ1v) is 10.5. The summed E-state index contributed by atoms with van der Waals surface area (Å²) >= 11 is 0. The zero-order chi connectivity index (χ0) is 23.3. The minimum atomic E-state index is 0.706. The van der Waals surface area contributed by atoms with Gasteiger partial charge in [-0.2, -0.15) is 0 Å². The Morgan fingerprint density at radius 3 is 1.75 bits per heavy atom. The third-order valence-electron chi connectivity index (χ3n) is 4.79. The van der Waals surface area contributed by atoms with E-state index < -0.39 is 0 Å². The number of nitrogen functional groups attached to an aromatic ring is 1. The van der Waals surface area contributed by atoms with Crippen LogP contribution >= 0.6 is 0 Å². The van der Waals surface area contributed by atoms with Crippen molar-refractivity contribution >= 4 is 17.1 Å². The van der Waals surface area contributed by atoms with Gasteiger partial charge in [-0.05, 0) is 42.7 Å². The molecule has 164 valence electrons. The molecule has 0 aromatic heterocycles. The highest BCUT2D eigenvalue weighted by atomic mass is 16.2. The Balaban J connectivity index is 0.000000340. The second-order valence-corrected chi connectivity index (χ2v) is 7.29. The van der Waals surface area contributed by atoms with E-state index in [4.69, 9.17) is 10.8 Å². The van der Waals surface area contributed by atoms with Crippen LogP contribution in [0.15, 0.2) is 110 Å². The molecule has 0 heterocycles. The number of hydrogen-bond acceptors (Lipinski definition) is 3. The SMILES string of the molecule is C=C(Nc1cc(-c2ccccc2)ccc1N)c1ccc(C)cc1.CO.Cc1ccccc1. The standard InChI is InChI=1S/C21H20N2.C7H8.CH4O/c1-15-8-10-17(11-9-15)16(2)23-21-14-19(12-13-20(21)22)18-6-4-3-5-7-18;1-7-5-3-2-4-6-7;1-2/h3-14,23H,2,22H2,1H3;2-6H,1H3;2H,1H3. The van der Waals surface area contributed by atoms with Crippen molar-refractivity contribution in [3.63, 3.8) is 0 Å². The Morgan fingerprint density at radius 1 is 0.688 bits per heavy atom. The summed E-state index contributed by atoms with van der Waals surface area (Å²) < 4.78 is 0. The van der Waals surface area contributed by atoms with Crippen molar-refractivity contribution in [3.05, 3.63) is 126 Å². The summed E-state index contributed by atoms with van der Waals surface area (Å²) in [6.07, 6.45) is 0. The molecule has 0 radical (unpaired) electrons. The van der Waals surface area contributed by atoms with E-state index in [2.05, 4.69) is 80.3 Å². The van der Waals surface area contributed by atoms with Gasteiger partial charge in [-0.15, -0.1) is 0 Å². The Morgan fingerprint density at radius 2 is 1.22 bits per heavy atom. The number of nitrogens with two attached hydrogens (primary N) is 1. The summed E-state index contributed by atoms with van der Waals surface area (Å²) in [6.45, 7) is 8.28. The maximum Gasteiger partial charge on any atom is 0.0624 e. The van der Waals surface area contributed by atoms with Gasteiger partial charge < -0.3 is 16.2 Å². The topological polar surface area (TPSA) is 58.3 Å². The Hall–Kier alpha value is -3.82. The number of anilines is 2. The molecular formula is C29H32N2O. The zero-order valence-electron chi connectivity index (χ0n) is 19.0. The van der Waals surface area contributed by atoms with Gasteiger partial charge in [0.25, 0.3) is 0 Å². The maximum absolute atomic E-state index is 7.00. The highest BCUT2D eigenvalue weighted by molar-refractivity contribution is 5.84. The minimum absolute atomic E-state index is 0.706. The molecule has 0 aliphatic rings. The molecule has 0 fully saturated rings. The first-order valence-electron chi connectivity index (χ1n) is 10.5. The number of aliphatic hydroxyl groups is 1. The lowest BCUT2D eigenvalue weighted by Crippen LogP contribution is -2.01. The van der Waals surface area contributed by atoms with Crippen LogP contribution < -0.4 is 11.1 Å². The second kappa shape index (κ2) is 12.8. The van der Waals surface area contributed by atoms with E-state index in [1.54, 1.807) is 0 Å². The molecule has 4 N–H and O–H groups in total. The van der Waals surface area contributed by atoms with Crippen LogP contribution in [0.2, 0.25) is 0 Å². The Labute approximate surface area is 191 Å². The molecule has 4 rings (SSSR count). The van der Waals surface area contributed by atoms with E-state index in [1.165, 1.54) is 11.1 Å². The molecular weight excluding hydrogens is 392 g/mol. The van der Waals surface area contributed by atoms with Crippen LogP contribution in [0, 0.1) is 13.8 Å². The number of benzene rings is 4. The largest absolute Gasteiger partial charge is 0.400 e. The summed E-state index contributed by atoms with van der Waals surface area (Å²) in [4.78, 5) is 0. The predicted molar refractivity (Wildman–Crippen MR) is 139 cm³/mol. The van der Waals surface area contributed by atoms with E-state index in [-0.39, 0.29) is 0 Å². The summed E-state index contributed by atoms with van der Waals surface area (Å²) in [6, 6.07) is 34.8. The number of aliphatic hydroxyl groups excluding tert-OH is 1. The highest BCUT2D eigenvalue weighted by Gasteiger charge is 2.05. The van der Waals surface area contributed by atoms with E-state index in [9.17, 15) is 0 Å². The summed E-state index contributed by atoms with van der Waals surface area (Å²) in [7, 11) is 1.00. The van der Waals surface area contributed by atoms with E-state index in [0.29, 0.717) is 5.69 Å². The monoisotopic (exact) mass is 424 g/mol. The third kappa shape index (κ3) is 7.46. The van der Waals surface area contributed by atoms with Gasteiger partial charge in [0.1, 0.15) is 0 Å². The molecule has 0 saturated carbocycles. The van der Waals surface area contributed by atoms with Crippen LogP contribution in [0.3, 0.4) is 0 Å². The van der Waals surface area contributed by atoms with Crippen LogP contribution in [-0.2, 0) is 0 Å². The summed E-state index contributed by atoms with van der Waals surface area (Å²) in [5.74, 6) is 0. The fourth-order valence-corrected chi connectivity index (χ4v) is 3.00. The molecule has 3 heteroatoms. The van der Waals surface area contributed by atoms with Gasteiger partial charge in [0.15, 0.2) is 0 Å². The van der Waals surface area contributed by atoms with Crippen LogP contribution in [0.4, 0.5) is 11.4 Å². The fourth-order valence-electron chi connectivity index (χ4n) is 3.00. The Bertz CT molecular complexity index is 1090. The number of nitrogens with one attached hydrogen (secondary N) is 1. The maximum atomic E-state index is 7.00. The van der Waals surface area contributed by atoms with Gasteiger partial charge in [-0.25, -0.2) is 0 Å². The first kappa shape index (κ1) is 24.4. The van der Waals surface area contributed by atoms with Crippen molar-refractivity contribution < 1.29 is 5.11 Å². The lowest BCUT2D eigenvalue weighted by Gasteiger charge is -2.14. The molecule has 0 bridgehead atoms. The van der Waals surface area contributed by atoms with Crippen LogP contribution in [0.25, 0.3) is 16.8 Å². The quantitative estimate of drug-likeness (QED) is 0.311. The van der Waals surface area contributed by atoms with Crippen molar-refractivity contribution in [1.82, 2.24) is 0 Å². The molecule has 32 heavy (non-hydrogen) atoms. The number of rotatable bonds is 4. The van der Waals surface area contributed by atoms with Crippen molar-refractivity contribution in [2.45, 2.75) is 13.8 Å². The summed E-state index contributed by atoms with van der Waals surface area (Å²) in [5, 5.41) is 10.3. The average molecular weight is 425 g/mol. The van der Waals surface area contributed by atoms with Crippen LogP contribution in [0.5, 0.6) is 0 Å². The molecule has 0 spiro atoms. The molecule has 3 nitrogen and oxygen atoms in total. The molecule has 0 saturated heterocycles. The van der Waals surface area contributed by atoms with Gasteiger partial charge >= 0.3 is 0 Å². The predicted octanol–water partition coefficient (Wildman–Crippen LogP) is 6.93. The van der Waals surface area contributed by atoms with Crippen molar-refractivity contribution in [1.29, 1.82) is 0 Å². The highest BCUT2D eigenvalue weighted by Crippen LogP contribution is 2.29. The summed E-state index contributed by atoms with van der Waals surface area (Å²) in [5.41, 5.74) is 14.4. The number of hydrogen-bond donors (Lipinski definition) is 3. The minimum Gasteiger partial charge on any atom is -0.400 e. The van der Waals surface area contributed by atoms with Crippen LogP contribution in [-0.4, -0.2) is 12.2 Å². The molecule has 0 aliphatic carbocycles. The first-order chi connectivity index (χ1) is 15.5. The van der Waals surface area contributed by atoms with Gasteiger partial charge in [-0.1, -0.05) is 109 Å². The third-order valence-corrected chi connectivity index (χ3v) is 4.79. The van der Waals surface area contributed by atoms with Crippen molar-refractivity contribution in [2.24, 2.45) is 0 Å². The fraction of sp³-hybridized carbons (Fsp3) is 0.103. The van der Waals surface area contributed by atoms with Crippen molar-refractivity contribution in [3.8, 4) is 11.1 Å². The smallest absolute Gasteiger partial charge is 0.0624 e. The lowest BCUT2D eigenvalue weighted by atomic mass is 10.0. The molecule has 4 aromatic carbocycles. The lowest BCUT2D eigenvalue weighted by molar-refractivity contribution is 0.399. The van der Waals surface area contributed by atoms with Gasteiger partial charge in [0, 0.05) is 12.8 Å². The molecule has 0 aliphatic heterocycles. The Kier molecular flexibility index (Phi) is 9.76. The molecule has 4 aromatic rings. The van der Waals surface area contributed by atoms with Gasteiger partial charge in [0.05, 0.1) is 11.4 Å². The van der Waals surface area contributed by atoms with Gasteiger partial charge in [-0.3, -0.25) is 0 Å². The molecule has 0 amide bonds. The van der Waals surface area contributed by atoms with E-state index in [0.717, 1.165) is 35.2 Å². The van der Waals surface area contributed by atoms with E-state index >= 15 is 0 Å². The number of aryl methyl sites for hydroxylation is 2. The normalized spacial score (nSPS) is 9.50. The second-order valence-electron chi connectivity index (χ2n) is 7.29. The van der Waals surface area contributed by atoms with Gasteiger partial charge in [0.2, 0.25) is 0 Å². The average Bonchev–Trinajstić information content (AvgIpc) is 2.84. The molecule has 0 atom stereocenters. The van der Waals surface area contributed by atoms with Crippen LogP contribution in [0.1, 0.15) is 16.7 Å². The van der Waals surface area contributed by atoms with E-state index in [1.807, 2.05) is 48.5 Å². The zero-order valence-corrected chi connectivity index (χ0v) is 19.0.